The molecule has 0 aliphatic rings. The lowest BCUT2D eigenvalue weighted by atomic mass is 10.2. The van der Waals surface area contributed by atoms with Crippen molar-refractivity contribution in [1.29, 1.82) is 0 Å². The van der Waals surface area contributed by atoms with E-state index in [2.05, 4.69) is 20.5 Å². The van der Waals surface area contributed by atoms with Gasteiger partial charge in [-0.1, -0.05) is 47.5 Å². The topological polar surface area (TPSA) is 86.9 Å². The highest BCUT2D eigenvalue weighted by Crippen LogP contribution is 2.23. The Hall–Kier alpha value is -3.36. The van der Waals surface area contributed by atoms with Crippen LogP contribution in [0.5, 0.6) is 5.75 Å². The predicted octanol–water partition coefficient (Wildman–Crippen LogP) is 4.43. The molecular formula is C21H18Cl2N6O2. The summed E-state index contributed by atoms with van der Waals surface area (Å²) in [6, 6.07) is 14.6. The van der Waals surface area contributed by atoms with Gasteiger partial charge in [0.15, 0.2) is 12.4 Å². The highest BCUT2D eigenvalue weighted by atomic mass is 35.5. The average molecular weight is 457 g/mol. The Morgan fingerprint density at radius 1 is 1.06 bits per heavy atom. The van der Waals surface area contributed by atoms with Crippen LogP contribution in [0.1, 0.15) is 21.6 Å². The number of carbonyl (C=O) groups excluding carboxylic acids is 1. The summed E-state index contributed by atoms with van der Waals surface area (Å²) in [4.78, 5) is 16.6. The van der Waals surface area contributed by atoms with Crippen LogP contribution in [0.2, 0.25) is 10.0 Å². The zero-order valence-electron chi connectivity index (χ0n) is 16.5. The van der Waals surface area contributed by atoms with Gasteiger partial charge >= 0.3 is 0 Å². The molecule has 0 saturated heterocycles. The molecule has 2 heterocycles. The quantitative estimate of drug-likeness (QED) is 0.444. The van der Waals surface area contributed by atoms with Crippen molar-refractivity contribution in [2.45, 2.75) is 20.2 Å². The first-order valence-electron chi connectivity index (χ1n) is 9.34. The molecule has 158 valence electrons. The smallest absolute Gasteiger partial charge is 0.278 e. The van der Waals surface area contributed by atoms with Gasteiger partial charge in [0.2, 0.25) is 5.95 Å². The van der Waals surface area contributed by atoms with Crippen LogP contribution in [0, 0.1) is 6.92 Å². The lowest BCUT2D eigenvalue weighted by molar-refractivity contribution is 0.101. The summed E-state index contributed by atoms with van der Waals surface area (Å²) in [5, 5.41) is 12.1. The Bertz CT molecular complexity index is 1220. The maximum Gasteiger partial charge on any atom is 0.278 e. The third kappa shape index (κ3) is 5.22. The van der Waals surface area contributed by atoms with Crippen LogP contribution in [-0.2, 0) is 13.3 Å². The number of anilines is 1. The molecule has 4 rings (SSSR count). The molecule has 2 aromatic heterocycles. The number of aryl methyl sites for hydroxylation is 1. The third-order valence-corrected chi connectivity index (χ3v) is 5.15. The largest absolute Gasteiger partial charge is 0.471 e. The standard InChI is InChI=1S/C21H18Cl2N6O2/c1-14-4-2-3-5-19(14)31-13-28-9-8-18(26-28)20(30)25-21-24-12-29(27-21)11-15-6-7-16(22)17(23)10-15/h2-10,12H,11,13H2,1H3,(H,25,27,30). The van der Waals surface area contributed by atoms with Crippen molar-refractivity contribution >= 4 is 35.1 Å². The highest BCUT2D eigenvalue weighted by Gasteiger charge is 2.13. The van der Waals surface area contributed by atoms with Crippen molar-refractivity contribution in [3.8, 4) is 5.75 Å². The van der Waals surface area contributed by atoms with Crippen molar-refractivity contribution in [3.63, 3.8) is 0 Å². The molecule has 2 aromatic carbocycles. The van der Waals surface area contributed by atoms with Gasteiger partial charge in [-0.05, 0) is 42.3 Å². The summed E-state index contributed by atoms with van der Waals surface area (Å²) in [6.07, 6.45) is 3.19. The number of aromatic nitrogens is 5. The molecule has 0 unspecified atom stereocenters. The Balaban J connectivity index is 1.34. The number of para-hydroxylation sites is 1. The van der Waals surface area contributed by atoms with E-state index in [1.54, 1.807) is 29.1 Å². The molecule has 0 spiro atoms. The van der Waals surface area contributed by atoms with Gasteiger partial charge in [0.05, 0.1) is 16.6 Å². The number of nitrogens with one attached hydrogen (secondary N) is 1. The summed E-state index contributed by atoms with van der Waals surface area (Å²) >= 11 is 12.0. The van der Waals surface area contributed by atoms with Gasteiger partial charge in [-0.3, -0.25) is 10.1 Å². The van der Waals surface area contributed by atoms with Crippen LogP contribution in [0.25, 0.3) is 0 Å². The molecule has 0 bridgehead atoms. The Morgan fingerprint density at radius 2 is 1.90 bits per heavy atom. The van der Waals surface area contributed by atoms with Crippen molar-refractivity contribution in [3.05, 3.63) is 87.9 Å². The first-order valence-corrected chi connectivity index (χ1v) is 10.1. The molecule has 31 heavy (non-hydrogen) atoms. The summed E-state index contributed by atoms with van der Waals surface area (Å²) in [5.74, 6) is 0.526. The van der Waals surface area contributed by atoms with E-state index in [4.69, 9.17) is 27.9 Å². The van der Waals surface area contributed by atoms with Gasteiger partial charge in [-0.25, -0.2) is 14.3 Å². The van der Waals surface area contributed by atoms with Crippen LogP contribution < -0.4 is 10.1 Å². The lowest BCUT2D eigenvalue weighted by Gasteiger charge is -2.08. The molecule has 0 saturated carbocycles. The molecule has 8 nitrogen and oxygen atoms in total. The fraction of sp³-hybridized carbons (Fsp3) is 0.143. The van der Waals surface area contributed by atoms with E-state index in [0.29, 0.717) is 16.6 Å². The first kappa shape index (κ1) is 20.9. The molecule has 0 aliphatic carbocycles. The second-order valence-corrected chi connectivity index (χ2v) is 7.56. The highest BCUT2D eigenvalue weighted by molar-refractivity contribution is 6.42. The Labute approximate surface area is 188 Å². The number of benzene rings is 2. The Kier molecular flexibility index (Phi) is 6.20. The van der Waals surface area contributed by atoms with Crippen molar-refractivity contribution in [1.82, 2.24) is 24.5 Å². The summed E-state index contributed by atoms with van der Waals surface area (Å²) < 4.78 is 8.86. The second kappa shape index (κ2) is 9.20. The van der Waals surface area contributed by atoms with Crippen LogP contribution in [0.4, 0.5) is 5.95 Å². The van der Waals surface area contributed by atoms with E-state index < -0.39 is 5.91 Å². The van der Waals surface area contributed by atoms with E-state index in [1.807, 2.05) is 37.3 Å². The summed E-state index contributed by atoms with van der Waals surface area (Å²) in [6.45, 7) is 2.59. The average Bonchev–Trinajstić information content (AvgIpc) is 3.40. The number of amides is 1. The first-order chi connectivity index (χ1) is 15.0. The van der Waals surface area contributed by atoms with Crippen molar-refractivity contribution in [2.75, 3.05) is 5.32 Å². The zero-order valence-corrected chi connectivity index (χ0v) is 18.0. The number of rotatable bonds is 7. The minimum Gasteiger partial charge on any atom is -0.471 e. The molecule has 10 heteroatoms. The predicted molar refractivity (Wildman–Crippen MR) is 118 cm³/mol. The fourth-order valence-corrected chi connectivity index (χ4v) is 3.15. The van der Waals surface area contributed by atoms with Crippen LogP contribution in [0.3, 0.4) is 0 Å². The molecule has 4 aromatic rings. The maximum atomic E-state index is 12.5. The van der Waals surface area contributed by atoms with E-state index in [-0.39, 0.29) is 18.4 Å². The number of halogens is 2. The van der Waals surface area contributed by atoms with E-state index in [9.17, 15) is 4.79 Å². The second-order valence-electron chi connectivity index (χ2n) is 6.75. The lowest BCUT2D eigenvalue weighted by Crippen LogP contribution is -2.15. The number of hydrogen-bond acceptors (Lipinski definition) is 5. The van der Waals surface area contributed by atoms with E-state index in [1.165, 1.54) is 11.0 Å². The van der Waals surface area contributed by atoms with Gasteiger partial charge < -0.3 is 4.74 Å². The minimum absolute atomic E-state index is 0.177. The maximum absolute atomic E-state index is 12.5. The van der Waals surface area contributed by atoms with Crippen LogP contribution in [-0.4, -0.2) is 30.5 Å². The number of ether oxygens (including phenoxy) is 1. The zero-order chi connectivity index (χ0) is 21.8. The van der Waals surface area contributed by atoms with Gasteiger partial charge in [-0.15, -0.1) is 5.10 Å². The summed E-state index contributed by atoms with van der Waals surface area (Å²) in [7, 11) is 0. The van der Waals surface area contributed by atoms with Gasteiger partial charge in [-0.2, -0.15) is 5.10 Å². The van der Waals surface area contributed by atoms with Gasteiger partial charge in [0.1, 0.15) is 12.1 Å². The van der Waals surface area contributed by atoms with E-state index in [0.717, 1.165) is 16.9 Å². The van der Waals surface area contributed by atoms with Gasteiger partial charge in [0.25, 0.3) is 5.91 Å². The van der Waals surface area contributed by atoms with E-state index >= 15 is 0 Å². The SMILES string of the molecule is Cc1ccccc1OCn1ccc(C(=O)Nc2ncn(Cc3ccc(Cl)c(Cl)c3)n2)n1. The number of nitrogens with zero attached hydrogens (tertiary/aromatic N) is 5. The number of carbonyl (C=O) groups is 1. The Morgan fingerprint density at radius 3 is 2.71 bits per heavy atom. The molecular weight excluding hydrogens is 439 g/mol. The van der Waals surface area contributed by atoms with Crippen LogP contribution >= 0.6 is 23.2 Å². The minimum atomic E-state index is -0.415. The fourth-order valence-electron chi connectivity index (χ4n) is 2.83. The molecule has 1 amide bonds. The normalized spacial score (nSPS) is 10.8. The van der Waals surface area contributed by atoms with Crippen LogP contribution in [0.15, 0.2) is 61.1 Å². The molecule has 0 aliphatic heterocycles. The molecule has 1 N–H and O–H groups in total. The van der Waals surface area contributed by atoms with Gasteiger partial charge in [0, 0.05) is 6.20 Å². The van der Waals surface area contributed by atoms with Crippen molar-refractivity contribution in [2.24, 2.45) is 0 Å². The third-order valence-electron chi connectivity index (χ3n) is 4.41. The molecule has 0 fully saturated rings. The molecule has 0 atom stereocenters. The van der Waals surface area contributed by atoms with Crippen molar-refractivity contribution < 1.29 is 9.53 Å². The number of hydrogen-bond donors (Lipinski definition) is 1. The monoisotopic (exact) mass is 456 g/mol. The summed E-state index contributed by atoms with van der Waals surface area (Å²) in [5.41, 5.74) is 2.16. The molecule has 0 radical (unpaired) electrons.